The van der Waals surface area contributed by atoms with Crippen molar-refractivity contribution in [3.63, 3.8) is 0 Å². The fourth-order valence-electron chi connectivity index (χ4n) is 2.09. The smallest absolute Gasteiger partial charge is 0.0630 e. The predicted octanol–water partition coefficient (Wildman–Crippen LogP) is 5.51. The summed E-state index contributed by atoms with van der Waals surface area (Å²) >= 11 is 5.94. The highest BCUT2D eigenvalue weighted by molar-refractivity contribution is 6.30. The molecule has 3 heteroatoms. The summed E-state index contributed by atoms with van der Waals surface area (Å²) in [5.74, 6) is 0. The van der Waals surface area contributed by atoms with E-state index in [-0.39, 0.29) is 0 Å². The number of rotatable bonds is 4. The van der Waals surface area contributed by atoms with Gasteiger partial charge in [-0.1, -0.05) is 48.0 Å². The molecule has 0 spiro atoms. The number of hydrogen-bond acceptors (Lipinski definition) is 2. The maximum Gasteiger partial charge on any atom is 0.0630 e. The van der Waals surface area contributed by atoms with E-state index < -0.39 is 0 Å². The highest BCUT2D eigenvalue weighted by Gasteiger charge is 2.08. The first kappa shape index (κ1) is 13.5. The maximum atomic E-state index is 5.94. The van der Waals surface area contributed by atoms with E-state index in [1.807, 2.05) is 65.7 Å². The number of halogens is 1. The third-order valence-corrected chi connectivity index (χ3v) is 3.37. The molecule has 2 nitrogen and oxygen atoms in total. The van der Waals surface area contributed by atoms with Crippen molar-refractivity contribution in [3.8, 4) is 0 Å². The molecule has 3 aromatic carbocycles. The van der Waals surface area contributed by atoms with Crippen molar-refractivity contribution in [3.05, 3.63) is 90.0 Å². The zero-order valence-electron chi connectivity index (χ0n) is 11.4. The average molecular weight is 295 g/mol. The molecule has 0 heterocycles. The second-order valence-electron chi connectivity index (χ2n) is 4.63. The van der Waals surface area contributed by atoms with Crippen LogP contribution in [0.4, 0.5) is 17.1 Å². The van der Waals surface area contributed by atoms with E-state index in [0.29, 0.717) is 0 Å². The van der Waals surface area contributed by atoms with Gasteiger partial charge in [-0.25, -0.2) is 0 Å². The Labute approximate surface area is 129 Å². The van der Waals surface area contributed by atoms with Crippen molar-refractivity contribution < 1.29 is 0 Å². The van der Waals surface area contributed by atoms with Crippen LogP contribution in [0.15, 0.2) is 84.9 Å². The van der Waals surface area contributed by atoms with E-state index in [2.05, 4.69) is 29.7 Å². The van der Waals surface area contributed by atoms with E-state index in [9.17, 15) is 0 Å². The fraction of sp³-hybridized carbons (Fsp3) is 0. The molecule has 21 heavy (non-hydrogen) atoms. The molecule has 0 aliphatic carbocycles. The first-order valence-electron chi connectivity index (χ1n) is 6.75. The van der Waals surface area contributed by atoms with Gasteiger partial charge in [0.1, 0.15) is 0 Å². The van der Waals surface area contributed by atoms with Gasteiger partial charge in [-0.3, -0.25) is 10.4 Å². The van der Waals surface area contributed by atoms with Gasteiger partial charge in [-0.2, -0.15) is 0 Å². The molecule has 3 rings (SSSR count). The lowest BCUT2D eigenvalue weighted by Gasteiger charge is -2.26. The Bertz CT molecular complexity index is 642. The number of para-hydroxylation sites is 2. The van der Waals surface area contributed by atoms with Gasteiger partial charge in [0.25, 0.3) is 0 Å². The van der Waals surface area contributed by atoms with E-state index in [0.717, 1.165) is 22.1 Å². The zero-order valence-corrected chi connectivity index (χ0v) is 12.2. The molecule has 0 unspecified atom stereocenters. The molecule has 0 amide bonds. The SMILES string of the molecule is Clc1ccc(NN(c2ccccc2)c2ccccc2)cc1. The van der Waals surface area contributed by atoms with Crippen LogP contribution in [0.25, 0.3) is 0 Å². The Hall–Kier alpha value is -2.45. The van der Waals surface area contributed by atoms with Crippen LogP contribution in [0.2, 0.25) is 5.02 Å². The summed E-state index contributed by atoms with van der Waals surface area (Å²) in [6, 6.07) is 28.0. The van der Waals surface area contributed by atoms with Crippen molar-refractivity contribution in [2.24, 2.45) is 0 Å². The number of nitrogens with one attached hydrogen (secondary N) is 1. The average Bonchev–Trinajstić information content (AvgIpc) is 2.56. The summed E-state index contributed by atoms with van der Waals surface area (Å²) in [4.78, 5) is 0. The maximum absolute atomic E-state index is 5.94. The van der Waals surface area contributed by atoms with Crippen LogP contribution < -0.4 is 10.4 Å². The molecule has 0 aliphatic heterocycles. The molecule has 0 atom stereocenters. The summed E-state index contributed by atoms with van der Waals surface area (Å²) < 4.78 is 0. The number of hydrogen-bond donors (Lipinski definition) is 1. The molecule has 0 aromatic heterocycles. The van der Waals surface area contributed by atoms with Crippen LogP contribution in [0.5, 0.6) is 0 Å². The Kier molecular flexibility index (Phi) is 4.08. The monoisotopic (exact) mass is 294 g/mol. The van der Waals surface area contributed by atoms with Gasteiger partial charge in [-0.05, 0) is 48.5 Å². The Morgan fingerprint density at radius 1 is 0.619 bits per heavy atom. The third kappa shape index (κ3) is 3.36. The molecule has 0 fully saturated rings. The summed E-state index contributed by atoms with van der Waals surface area (Å²) in [7, 11) is 0. The molecule has 0 saturated carbocycles. The minimum Gasteiger partial charge on any atom is -0.294 e. The van der Waals surface area contributed by atoms with Crippen molar-refractivity contribution in [2.75, 3.05) is 10.4 Å². The first-order valence-corrected chi connectivity index (χ1v) is 7.13. The fourth-order valence-corrected chi connectivity index (χ4v) is 2.21. The van der Waals surface area contributed by atoms with Crippen molar-refractivity contribution in [1.82, 2.24) is 0 Å². The molecular weight excluding hydrogens is 280 g/mol. The van der Waals surface area contributed by atoms with Crippen LogP contribution >= 0.6 is 11.6 Å². The van der Waals surface area contributed by atoms with Gasteiger partial charge in [0.15, 0.2) is 0 Å². The predicted molar refractivity (Wildman–Crippen MR) is 90.1 cm³/mol. The van der Waals surface area contributed by atoms with Gasteiger partial charge in [0, 0.05) is 5.02 Å². The number of nitrogens with zero attached hydrogens (tertiary/aromatic N) is 1. The quantitative estimate of drug-likeness (QED) is 0.639. The molecule has 1 N–H and O–H groups in total. The van der Waals surface area contributed by atoms with Crippen molar-refractivity contribution >= 4 is 28.7 Å². The lowest BCUT2D eigenvalue weighted by Crippen LogP contribution is -2.24. The topological polar surface area (TPSA) is 15.3 Å². The van der Waals surface area contributed by atoms with Gasteiger partial charge in [0.05, 0.1) is 17.1 Å². The number of benzene rings is 3. The van der Waals surface area contributed by atoms with Crippen LogP contribution in [0.3, 0.4) is 0 Å². The summed E-state index contributed by atoms with van der Waals surface area (Å²) in [6.45, 7) is 0. The second-order valence-corrected chi connectivity index (χ2v) is 5.06. The normalized spacial score (nSPS) is 10.1. The van der Waals surface area contributed by atoms with E-state index in [4.69, 9.17) is 11.6 Å². The lowest BCUT2D eigenvalue weighted by molar-refractivity contribution is 1.16. The highest BCUT2D eigenvalue weighted by Crippen LogP contribution is 2.26. The van der Waals surface area contributed by atoms with Gasteiger partial charge < -0.3 is 0 Å². The summed E-state index contributed by atoms with van der Waals surface area (Å²) in [6.07, 6.45) is 0. The van der Waals surface area contributed by atoms with Crippen LogP contribution in [0.1, 0.15) is 0 Å². The van der Waals surface area contributed by atoms with Crippen molar-refractivity contribution in [2.45, 2.75) is 0 Å². The first-order chi connectivity index (χ1) is 10.3. The Balaban J connectivity index is 1.95. The summed E-state index contributed by atoms with van der Waals surface area (Å²) in [5.41, 5.74) is 6.53. The standard InChI is InChI=1S/C18H15ClN2/c19-15-11-13-16(14-12-15)20-21(17-7-3-1-4-8-17)18-9-5-2-6-10-18/h1-14,20H. The molecule has 3 aromatic rings. The zero-order chi connectivity index (χ0) is 14.5. The minimum atomic E-state index is 0.728. The number of anilines is 3. The Morgan fingerprint density at radius 3 is 1.57 bits per heavy atom. The number of hydrazine groups is 1. The second kappa shape index (κ2) is 6.33. The molecule has 0 saturated heterocycles. The van der Waals surface area contributed by atoms with Gasteiger partial charge in [-0.15, -0.1) is 0 Å². The molecular formula is C18H15ClN2. The minimum absolute atomic E-state index is 0.728. The van der Waals surface area contributed by atoms with E-state index >= 15 is 0 Å². The summed E-state index contributed by atoms with van der Waals surface area (Å²) in [5, 5.41) is 2.77. The van der Waals surface area contributed by atoms with Crippen LogP contribution in [-0.4, -0.2) is 0 Å². The van der Waals surface area contributed by atoms with Crippen LogP contribution in [0, 0.1) is 0 Å². The van der Waals surface area contributed by atoms with E-state index in [1.54, 1.807) is 0 Å². The van der Waals surface area contributed by atoms with E-state index in [1.165, 1.54) is 0 Å². The molecule has 0 aliphatic rings. The molecule has 0 bridgehead atoms. The largest absolute Gasteiger partial charge is 0.294 e. The van der Waals surface area contributed by atoms with Gasteiger partial charge >= 0.3 is 0 Å². The Morgan fingerprint density at radius 2 is 1.10 bits per heavy atom. The van der Waals surface area contributed by atoms with Crippen molar-refractivity contribution in [1.29, 1.82) is 0 Å². The molecule has 0 radical (unpaired) electrons. The van der Waals surface area contributed by atoms with Crippen LogP contribution in [-0.2, 0) is 0 Å². The molecule has 104 valence electrons. The van der Waals surface area contributed by atoms with Gasteiger partial charge in [0.2, 0.25) is 0 Å². The third-order valence-electron chi connectivity index (χ3n) is 3.11. The highest BCUT2D eigenvalue weighted by atomic mass is 35.5. The lowest BCUT2D eigenvalue weighted by atomic mass is 10.2.